The van der Waals surface area contributed by atoms with Crippen LogP contribution in [0.15, 0.2) is 48.9 Å². The summed E-state index contributed by atoms with van der Waals surface area (Å²) >= 11 is 1.49. The van der Waals surface area contributed by atoms with Gasteiger partial charge in [-0.15, -0.1) is 11.3 Å². The highest BCUT2D eigenvalue weighted by Gasteiger charge is 2.48. The van der Waals surface area contributed by atoms with Crippen molar-refractivity contribution in [3.63, 3.8) is 0 Å². The van der Waals surface area contributed by atoms with Gasteiger partial charge < -0.3 is 15.0 Å². The minimum atomic E-state index is -0.528. The first-order valence-corrected chi connectivity index (χ1v) is 14.2. The molecule has 5 aromatic rings. The van der Waals surface area contributed by atoms with Crippen LogP contribution in [0.25, 0.3) is 43.2 Å². The molecule has 4 aromatic heterocycles. The van der Waals surface area contributed by atoms with Crippen LogP contribution in [0.1, 0.15) is 32.6 Å². The number of esters is 1. The predicted octanol–water partition coefficient (Wildman–Crippen LogP) is 6.22. The molecule has 2 atom stereocenters. The lowest BCUT2D eigenvalue weighted by molar-refractivity contribution is -0.154. The second-order valence-electron chi connectivity index (χ2n) is 10.3. The number of fused-ring (bicyclic) bond motifs is 5. The van der Waals surface area contributed by atoms with E-state index in [4.69, 9.17) is 9.72 Å². The van der Waals surface area contributed by atoms with Gasteiger partial charge in [0.25, 0.3) is 0 Å². The Balaban J connectivity index is 1.37. The van der Waals surface area contributed by atoms with Crippen molar-refractivity contribution in [2.24, 2.45) is 17.8 Å². The Morgan fingerprint density at radius 3 is 2.74 bits per heavy atom. The van der Waals surface area contributed by atoms with Gasteiger partial charge in [0.2, 0.25) is 0 Å². The molecule has 1 aromatic carbocycles. The van der Waals surface area contributed by atoms with Gasteiger partial charge >= 0.3 is 5.97 Å². The third-order valence-corrected chi connectivity index (χ3v) is 9.26. The molecule has 8 nitrogen and oxygen atoms in total. The average Bonchev–Trinajstić information content (AvgIpc) is 3.59. The quantitative estimate of drug-likeness (QED) is 0.246. The lowest BCUT2D eigenvalue weighted by Crippen LogP contribution is -2.52. The largest absolute Gasteiger partial charge is 0.466 e. The SMILES string of the molecule is CCOC(=O)[C@H]1C2CCC(CC2)[C@@H]1Nc1nc(-c2c[nH]c3nccnc23)nc(-c2cc3ccccc3s2)c1F. The fraction of sp³-hybridized carbons (Fsp3) is 0.345. The van der Waals surface area contributed by atoms with Crippen molar-refractivity contribution in [1.29, 1.82) is 0 Å². The Hall–Kier alpha value is -3.92. The number of aromatic nitrogens is 5. The minimum Gasteiger partial charge on any atom is -0.466 e. The van der Waals surface area contributed by atoms with Crippen LogP contribution >= 0.6 is 11.3 Å². The number of nitrogens with zero attached hydrogens (tertiary/aromatic N) is 4. The second-order valence-corrected chi connectivity index (χ2v) is 11.4. The van der Waals surface area contributed by atoms with Gasteiger partial charge in [0, 0.05) is 29.3 Å². The molecule has 4 heterocycles. The first-order valence-electron chi connectivity index (χ1n) is 13.4. The van der Waals surface area contributed by atoms with E-state index in [9.17, 15) is 4.79 Å². The van der Waals surface area contributed by atoms with Crippen molar-refractivity contribution in [2.75, 3.05) is 11.9 Å². The highest BCUT2D eigenvalue weighted by Crippen LogP contribution is 2.47. The summed E-state index contributed by atoms with van der Waals surface area (Å²) in [6.07, 6.45) is 8.95. The molecule has 10 heteroatoms. The van der Waals surface area contributed by atoms with Gasteiger partial charge in [-0.3, -0.25) is 9.78 Å². The van der Waals surface area contributed by atoms with Gasteiger partial charge in [-0.1, -0.05) is 18.2 Å². The molecule has 198 valence electrons. The van der Waals surface area contributed by atoms with E-state index < -0.39 is 5.82 Å². The minimum absolute atomic E-state index is 0.0949. The maximum absolute atomic E-state index is 16.4. The first kappa shape index (κ1) is 24.1. The van der Waals surface area contributed by atoms with E-state index >= 15 is 4.39 Å². The zero-order valence-electron chi connectivity index (χ0n) is 21.4. The molecule has 2 bridgehead atoms. The van der Waals surface area contributed by atoms with Gasteiger partial charge in [-0.2, -0.15) is 0 Å². The van der Waals surface area contributed by atoms with Crippen LogP contribution in [0.2, 0.25) is 0 Å². The molecule has 3 fully saturated rings. The van der Waals surface area contributed by atoms with Crippen molar-refractivity contribution in [2.45, 2.75) is 38.6 Å². The summed E-state index contributed by atoms with van der Waals surface area (Å²) in [4.78, 5) is 35.1. The van der Waals surface area contributed by atoms with Crippen LogP contribution < -0.4 is 5.32 Å². The van der Waals surface area contributed by atoms with Crippen LogP contribution in [0.5, 0.6) is 0 Å². The van der Waals surface area contributed by atoms with Crippen molar-refractivity contribution < 1.29 is 13.9 Å². The lowest BCUT2D eigenvalue weighted by atomic mass is 9.61. The second kappa shape index (κ2) is 9.68. The number of benzene rings is 1. The average molecular weight is 543 g/mol. The number of carbonyl (C=O) groups is 1. The molecule has 0 amide bonds. The third kappa shape index (κ3) is 4.14. The number of carbonyl (C=O) groups excluding carboxylic acids is 1. The van der Waals surface area contributed by atoms with Gasteiger partial charge in [0.15, 0.2) is 23.1 Å². The normalized spacial score (nSPS) is 22.4. The van der Waals surface area contributed by atoms with E-state index in [0.717, 1.165) is 35.8 Å². The summed E-state index contributed by atoms with van der Waals surface area (Å²) < 4.78 is 22.9. The zero-order valence-corrected chi connectivity index (χ0v) is 22.2. The molecular weight excluding hydrogens is 515 g/mol. The summed E-state index contributed by atoms with van der Waals surface area (Å²) in [5.41, 5.74) is 2.06. The molecule has 8 rings (SSSR count). The Kier molecular flexibility index (Phi) is 5.99. The number of nitrogens with one attached hydrogen (secondary N) is 2. The standard InChI is InChI=1S/C29H27FN6O2S/c1-2-38-29(37)21-15-7-9-16(10-8-15)23(21)34-27-22(30)25(20-13-17-5-3-4-6-19(17)39-20)35-26(36-27)18-14-33-28-24(18)31-11-12-32-28/h3-6,11-16,21,23H,2,7-10H2,1H3,(H,32,33)(H,34,35,36)/t15?,16?,21-,23-/m0/s1. The van der Waals surface area contributed by atoms with Gasteiger partial charge in [-0.25, -0.2) is 19.3 Å². The van der Waals surface area contributed by atoms with Gasteiger partial charge in [0.05, 0.1) is 23.0 Å². The number of rotatable bonds is 6. The molecule has 2 N–H and O–H groups in total. The Bertz CT molecular complexity index is 1660. The van der Waals surface area contributed by atoms with Crippen LogP contribution in [0.4, 0.5) is 10.2 Å². The predicted molar refractivity (Wildman–Crippen MR) is 149 cm³/mol. The number of anilines is 1. The lowest BCUT2D eigenvalue weighted by Gasteiger charge is -2.47. The summed E-state index contributed by atoms with van der Waals surface area (Å²) in [6, 6.07) is 9.65. The monoisotopic (exact) mass is 542 g/mol. The smallest absolute Gasteiger partial charge is 0.311 e. The van der Waals surface area contributed by atoms with Crippen molar-refractivity contribution >= 4 is 44.4 Å². The van der Waals surface area contributed by atoms with E-state index in [1.165, 1.54) is 11.3 Å². The summed E-state index contributed by atoms with van der Waals surface area (Å²) in [5.74, 6) is -0.168. The first-order chi connectivity index (χ1) is 19.1. The molecule has 3 aliphatic rings. The van der Waals surface area contributed by atoms with E-state index in [0.29, 0.717) is 34.0 Å². The fourth-order valence-corrected chi connectivity index (χ4v) is 7.38. The molecule has 39 heavy (non-hydrogen) atoms. The van der Waals surface area contributed by atoms with E-state index in [2.05, 4.69) is 25.3 Å². The Labute approximate surface area is 228 Å². The number of H-pyrrole nitrogens is 1. The molecule has 3 aliphatic carbocycles. The zero-order chi connectivity index (χ0) is 26.5. The highest BCUT2D eigenvalue weighted by molar-refractivity contribution is 7.22. The maximum Gasteiger partial charge on any atom is 0.311 e. The molecule has 0 saturated heterocycles. The van der Waals surface area contributed by atoms with Crippen molar-refractivity contribution in [1.82, 2.24) is 24.9 Å². The van der Waals surface area contributed by atoms with Gasteiger partial charge in [-0.05, 0) is 62.0 Å². The molecule has 3 saturated carbocycles. The molecule has 0 radical (unpaired) electrons. The topological polar surface area (TPSA) is 106 Å². The summed E-state index contributed by atoms with van der Waals surface area (Å²) in [5, 5.41) is 4.42. The summed E-state index contributed by atoms with van der Waals surface area (Å²) in [7, 11) is 0. The van der Waals surface area contributed by atoms with E-state index in [-0.39, 0.29) is 41.3 Å². The maximum atomic E-state index is 16.4. The molecule has 0 spiro atoms. The van der Waals surface area contributed by atoms with Crippen molar-refractivity contribution in [3.05, 3.63) is 54.7 Å². The third-order valence-electron chi connectivity index (χ3n) is 8.14. The van der Waals surface area contributed by atoms with Gasteiger partial charge in [0.1, 0.15) is 11.2 Å². The van der Waals surface area contributed by atoms with E-state index in [1.807, 2.05) is 37.3 Å². The molecule has 0 unspecified atom stereocenters. The van der Waals surface area contributed by atoms with Crippen LogP contribution in [-0.4, -0.2) is 43.5 Å². The number of aromatic amines is 1. The van der Waals surface area contributed by atoms with Crippen molar-refractivity contribution in [3.8, 4) is 22.0 Å². The Morgan fingerprint density at radius 1 is 1.13 bits per heavy atom. The number of hydrogen-bond acceptors (Lipinski definition) is 8. The highest BCUT2D eigenvalue weighted by atomic mass is 32.1. The summed E-state index contributed by atoms with van der Waals surface area (Å²) in [6.45, 7) is 2.14. The van der Waals surface area contributed by atoms with Crippen LogP contribution in [0.3, 0.4) is 0 Å². The molecule has 0 aliphatic heterocycles. The fourth-order valence-electron chi connectivity index (χ4n) is 6.34. The van der Waals surface area contributed by atoms with Crippen LogP contribution in [-0.2, 0) is 9.53 Å². The van der Waals surface area contributed by atoms with E-state index in [1.54, 1.807) is 18.6 Å². The number of hydrogen-bond donors (Lipinski definition) is 2. The van der Waals surface area contributed by atoms with Crippen LogP contribution in [0, 0.1) is 23.6 Å². The number of thiophene rings is 1. The molecular formula is C29H27FN6O2S. The number of halogens is 1. The Morgan fingerprint density at radius 2 is 1.92 bits per heavy atom. The number of ether oxygens (including phenoxy) is 1.